The van der Waals surface area contributed by atoms with Crippen molar-refractivity contribution in [3.05, 3.63) is 45.4 Å². The maximum atomic E-state index is 10.1. The first-order valence-electron chi connectivity index (χ1n) is 5.89. The molecule has 0 aliphatic carbocycles. The predicted octanol–water partition coefficient (Wildman–Crippen LogP) is 5.38. The number of aliphatic hydroxyl groups excluding tert-OH is 1. The number of hydrogen-bond donors (Lipinski definition) is 1. The van der Waals surface area contributed by atoms with Gasteiger partial charge in [-0.15, -0.1) is 6.58 Å². The molecule has 0 saturated carbocycles. The van der Waals surface area contributed by atoms with Crippen LogP contribution in [0.3, 0.4) is 0 Å². The monoisotopic (exact) mass is 360 g/mol. The molecule has 94 valence electrons. The molecule has 1 nitrogen and oxygen atoms in total. The summed E-state index contributed by atoms with van der Waals surface area (Å²) in [4.78, 5) is 0. The van der Waals surface area contributed by atoms with Gasteiger partial charge in [-0.1, -0.05) is 56.8 Å². The molecule has 1 unspecified atom stereocenters. The predicted molar refractivity (Wildman–Crippen MR) is 80.1 cm³/mol. The Morgan fingerprint density at radius 1 is 1.24 bits per heavy atom. The second kappa shape index (κ2) is 8.06. The largest absolute Gasteiger partial charge is 0.388 e. The number of benzene rings is 1. The van der Waals surface area contributed by atoms with Gasteiger partial charge in [0, 0.05) is 8.95 Å². The molecule has 0 heterocycles. The molecule has 0 aromatic heterocycles. The van der Waals surface area contributed by atoms with Crippen LogP contribution < -0.4 is 0 Å². The molecule has 1 aromatic carbocycles. The Kier molecular flexibility index (Phi) is 7.09. The van der Waals surface area contributed by atoms with E-state index >= 15 is 0 Å². The molecule has 0 fully saturated rings. The Morgan fingerprint density at radius 3 is 2.65 bits per heavy atom. The molecule has 0 bridgehead atoms. The highest BCUT2D eigenvalue weighted by molar-refractivity contribution is 9.11. The molecule has 1 rings (SSSR count). The highest BCUT2D eigenvalue weighted by atomic mass is 79.9. The quantitative estimate of drug-likeness (QED) is 0.510. The third-order valence-electron chi connectivity index (χ3n) is 2.71. The average Bonchev–Trinajstić information content (AvgIpc) is 2.28. The van der Waals surface area contributed by atoms with E-state index in [0.717, 1.165) is 46.6 Å². The Labute approximate surface area is 120 Å². The van der Waals surface area contributed by atoms with Crippen molar-refractivity contribution in [3.63, 3.8) is 0 Å². The fourth-order valence-electron chi connectivity index (χ4n) is 1.73. The summed E-state index contributed by atoms with van der Waals surface area (Å²) in [5.74, 6) is 0. The summed E-state index contributed by atoms with van der Waals surface area (Å²) in [5.41, 5.74) is 0.969. The van der Waals surface area contributed by atoms with Crippen LogP contribution in [0.2, 0.25) is 0 Å². The zero-order valence-electron chi connectivity index (χ0n) is 9.83. The van der Waals surface area contributed by atoms with Crippen molar-refractivity contribution in [2.75, 3.05) is 0 Å². The summed E-state index contributed by atoms with van der Waals surface area (Å²) in [6, 6.07) is 5.89. The number of hydrogen-bond acceptors (Lipinski definition) is 1. The van der Waals surface area contributed by atoms with Crippen LogP contribution in [0.4, 0.5) is 0 Å². The maximum Gasteiger partial charge on any atom is 0.0801 e. The molecule has 1 aromatic rings. The van der Waals surface area contributed by atoms with E-state index in [0.29, 0.717) is 0 Å². The van der Waals surface area contributed by atoms with Crippen molar-refractivity contribution < 1.29 is 5.11 Å². The molecule has 1 atom stereocenters. The summed E-state index contributed by atoms with van der Waals surface area (Å²) in [6.07, 6.45) is 6.82. The standard InChI is InChI=1S/C14H18Br2O/c1-2-3-4-5-6-7-14(17)12-9-8-11(15)10-13(12)16/h2,8-10,14,17H,1,3-7H2. The van der Waals surface area contributed by atoms with Gasteiger partial charge in [0.1, 0.15) is 0 Å². The van der Waals surface area contributed by atoms with E-state index in [2.05, 4.69) is 38.4 Å². The Balaban J connectivity index is 2.41. The maximum absolute atomic E-state index is 10.1. The number of rotatable bonds is 7. The highest BCUT2D eigenvalue weighted by Crippen LogP contribution is 2.29. The molecule has 0 amide bonds. The van der Waals surface area contributed by atoms with Crippen LogP contribution in [0.1, 0.15) is 43.8 Å². The van der Waals surface area contributed by atoms with Crippen LogP contribution in [-0.2, 0) is 0 Å². The van der Waals surface area contributed by atoms with Crippen LogP contribution in [0.5, 0.6) is 0 Å². The molecule has 17 heavy (non-hydrogen) atoms. The third kappa shape index (κ3) is 5.36. The van der Waals surface area contributed by atoms with Crippen molar-refractivity contribution in [2.45, 2.75) is 38.2 Å². The number of aliphatic hydroxyl groups is 1. The molecule has 0 saturated heterocycles. The van der Waals surface area contributed by atoms with Gasteiger partial charge in [0.2, 0.25) is 0 Å². The first-order chi connectivity index (χ1) is 8.15. The van der Waals surface area contributed by atoms with Gasteiger partial charge >= 0.3 is 0 Å². The molecule has 1 N–H and O–H groups in total. The minimum absolute atomic E-state index is 0.374. The number of unbranched alkanes of at least 4 members (excludes halogenated alkanes) is 3. The lowest BCUT2D eigenvalue weighted by atomic mass is 10.0. The summed E-state index contributed by atoms with van der Waals surface area (Å²) in [6.45, 7) is 3.70. The van der Waals surface area contributed by atoms with Crippen LogP contribution in [0.25, 0.3) is 0 Å². The highest BCUT2D eigenvalue weighted by Gasteiger charge is 2.10. The number of allylic oxidation sites excluding steroid dienone is 1. The topological polar surface area (TPSA) is 20.2 Å². The SMILES string of the molecule is C=CCCCCCC(O)c1ccc(Br)cc1Br. The van der Waals surface area contributed by atoms with Crippen molar-refractivity contribution >= 4 is 31.9 Å². The summed E-state index contributed by atoms with van der Waals surface area (Å²) < 4.78 is 1.98. The van der Waals surface area contributed by atoms with Crippen molar-refractivity contribution in [3.8, 4) is 0 Å². The lowest BCUT2D eigenvalue weighted by Crippen LogP contribution is -1.98. The van der Waals surface area contributed by atoms with Crippen molar-refractivity contribution in [2.24, 2.45) is 0 Å². The molecule has 0 aliphatic heterocycles. The van der Waals surface area contributed by atoms with Gasteiger partial charge < -0.3 is 5.11 Å². The lowest BCUT2D eigenvalue weighted by Gasteiger charge is -2.13. The van der Waals surface area contributed by atoms with Crippen LogP contribution in [-0.4, -0.2) is 5.11 Å². The van der Waals surface area contributed by atoms with Gasteiger partial charge in [0.15, 0.2) is 0 Å². The average molecular weight is 362 g/mol. The van der Waals surface area contributed by atoms with E-state index < -0.39 is 0 Å². The van der Waals surface area contributed by atoms with E-state index in [-0.39, 0.29) is 6.10 Å². The molecule has 3 heteroatoms. The van der Waals surface area contributed by atoms with Gasteiger partial charge in [-0.3, -0.25) is 0 Å². The third-order valence-corrected chi connectivity index (χ3v) is 3.89. The fraction of sp³-hybridized carbons (Fsp3) is 0.429. The van der Waals surface area contributed by atoms with Gasteiger partial charge in [0.05, 0.1) is 6.10 Å². The Bertz CT molecular complexity index is 363. The summed E-state index contributed by atoms with van der Waals surface area (Å²) >= 11 is 6.88. The first kappa shape index (κ1) is 14.9. The Morgan fingerprint density at radius 2 is 2.00 bits per heavy atom. The first-order valence-corrected chi connectivity index (χ1v) is 7.47. The normalized spacial score (nSPS) is 12.4. The fourth-order valence-corrected chi connectivity index (χ4v) is 3.04. The van der Waals surface area contributed by atoms with Gasteiger partial charge in [-0.2, -0.15) is 0 Å². The van der Waals surface area contributed by atoms with Crippen LogP contribution >= 0.6 is 31.9 Å². The van der Waals surface area contributed by atoms with Gasteiger partial charge in [-0.25, -0.2) is 0 Å². The van der Waals surface area contributed by atoms with Crippen LogP contribution in [0, 0.1) is 0 Å². The number of halogens is 2. The zero-order valence-corrected chi connectivity index (χ0v) is 13.0. The molecular formula is C14H18Br2O. The summed E-state index contributed by atoms with van der Waals surface area (Å²) in [5, 5.41) is 10.1. The van der Waals surface area contributed by atoms with E-state index in [9.17, 15) is 5.11 Å². The minimum Gasteiger partial charge on any atom is -0.388 e. The lowest BCUT2D eigenvalue weighted by molar-refractivity contribution is 0.162. The van der Waals surface area contributed by atoms with E-state index in [1.54, 1.807) is 0 Å². The van der Waals surface area contributed by atoms with Gasteiger partial charge in [0.25, 0.3) is 0 Å². The van der Waals surface area contributed by atoms with Crippen LogP contribution in [0.15, 0.2) is 39.8 Å². The van der Waals surface area contributed by atoms with E-state index in [1.165, 1.54) is 0 Å². The molecule has 0 radical (unpaired) electrons. The smallest absolute Gasteiger partial charge is 0.0801 e. The summed E-state index contributed by atoms with van der Waals surface area (Å²) in [7, 11) is 0. The van der Waals surface area contributed by atoms with Gasteiger partial charge in [-0.05, 0) is 37.0 Å². The van der Waals surface area contributed by atoms with Crippen molar-refractivity contribution in [1.82, 2.24) is 0 Å². The zero-order chi connectivity index (χ0) is 12.7. The van der Waals surface area contributed by atoms with E-state index in [4.69, 9.17) is 0 Å². The minimum atomic E-state index is -0.374. The van der Waals surface area contributed by atoms with Crippen molar-refractivity contribution in [1.29, 1.82) is 0 Å². The second-order valence-corrected chi connectivity index (χ2v) is 5.88. The molecular weight excluding hydrogens is 344 g/mol. The molecule has 0 spiro atoms. The Hall–Kier alpha value is -0.120. The molecule has 0 aliphatic rings. The van der Waals surface area contributed by atoms with E-state index in [1.807, 2.05) is 24.3 Å². The second-order valence-electron chi connectivity index (χ2n) is 4.11.